The Morgan fingerprint density at radius 2 is 2.00 bits per heavy atom. The van der Waals surface area contributed by atoms with Crippen LogP contribution in [0.4, 0.5) is 0 Å². The van der Waals surface area contributed by atoms with E-state index in [0.717, 1.165) is 28.7 Å². The van der Waals surface area contributed by atoms with E-state index in [-0.39, 0.29) is 0 Å². The molecule has 0 unspecified atom stereocenters. The zero-order valence-corrected chi connectivity index (χ0v) is 14.6. The molecule has 1 N–H and O–H groups in total. The van der Waals surface area contributed by atoms with Crippen LogP contribution in [0.1, 0.15) is 29.6 Å². The molecular weight excluding hydrogens is 342 g/mol. The molecule has 2 atom stereocenters. The van der Waals surface area contributed by atoms with E-state index in [9.17, 15) is 0 Å². The van der Waals surface area contributed by atoms with Gasteiger partial charge in [0.25, 0.3) is 0 Å². The number of rotatable bonds is 4. The molecule has 4 nitrogen and oxygen atoms in total. The molecule has 0 radical (unpaired) electrons. The highest BCUT2D eigenvalue weighted by atomic mass is 35.5. The number of hydrogen-bond donors (Lipinski definition) is 1. The Morgan fingerprint density at radius 3 is 2.75 bits per heavy atom. The topological polar surface area (TPSA) is 42.8 Å². The third-order valence-electron chi connectivity index (χ3n) is 4.43. The lowest BCUT2D eigenvalue weighted by molar-refractivity contribution is 0.414. The van der Waals surface area contributed by atoms with Gasteiger partial charge in [0.05, 0.1) is 12.8 Å². The minimum absolute atomic E-state index is 0.352. The van der Waals surface area contributed by atoms with E-state index >= 15 is 0 Å². The Hall–Kier alpha value is -2.11. The van der Waals surface area contributed by atoms with Crippen LogP contribution in [0.15, 0.2) is 48.5 Å². The number of benzene rings is 2. The maximum absolute atomic E-state index is 5.98. The largest absolute Gasteiger partial charge is 0.497 e. The SMILES string of the molecule is COc1cccc(-n2c([C@H]3C[C@@H]3c3ccc(Cl)cc3)n[nH]c2=S)c1. The third-order valence-corrected chi connectivity index (χ3v) is 4.96. The van der Waals surface area contributed by atoms with Gasteiger partial charge in [0.2, 0.25) is 0 Å². The lowest BCUT2D eigenvalue weighted by atomic mass is 10.1. The minimum atomic E-state index is 0.352. The summed E-state index contributed by atoms with van der Waals surface area (Å²) in [6.07, 6.45) is 1.06. The second kappa shape index (κ2) is 6.07. The van der Waals surface area contributed by atoms with Crippen molar-refractivity contribution in [2.45, 2.75) is 18.3 Å². The number of ether oxygens (including phenoxy) is 1. The number of methoxy groups -OCH3 is 1. The van der Waals surface area contributed by atoms with Crippen LogP contribution in [0.25, 0.3) is 5.69 Å². The van der Waals surface area contributed by atoms with Crippen molar-refractivity contribution >= 4 is 23.8 Å². The first kappa shape index (κ1) is 15.4. The van der Waals surface area contributed by atoms with E-state index in [1.54, 1.807) is 7.11 Å². The highest BCUT2D eigenvalue weighted by molar-refractivity contribution is 7.71. The fourth-order valence-electron chi connectivity index (χ4n) is 3.12. The van der Waals surface area contributed by atoms with Crippen LogP contribution in [-0.2, 0) is 0 Å². The molecule has 3 aromatic rings. The zero-order chi connectivity index (χ0) is 16.7. The van der Waals surface area contributed by atoms with E-state index in [2.05, 4.69) is 22.3 Å². The molecule has 0 saturated heterocycles. The predicted octanol–water partition coefficient (Wildman–Crippen LogP) is 4.86. The Kier molecular flexibility index (Phi) is 3.90. The fraction of sp³-hybridized carbons (Fsp3) is 0.222. The lowest BCUT2D eigenvalue weighted by Crippen LogP contribution is -2.01. The monoisotopic (exact) mass is 357 g/mol. The summed E-state index contributed by atoms with van der Waals surface area (Å²) in [6, 6.07) is 15.9. The highest BCUT2D eigenvalue weighted by Crippen LogP contribution is 2.54. The molecule has 1 aliphatic rings. The number of nitrogens with zero attached hydrogens (tertiary/aromatic N) is 2. The van der Waals surface area contributed by atoms with Gasteiger partial charge < -0.3 is 4.74 Å². The van der Waals surface area contributed by atoms with E-state index in [0.29, 0.717) is 16.6 Å². The molecular formula is C18H16ClN3OS. The van der Waals surface area contributed by atoms with Crippen molar-refractivity contribution in [2.75, 3.05) is 7.11 Å². The van der Waals surface area contributed by atoms with Crippen LogP contribution in [0.3, 0.4) is 0 Å². The number of halogens is 1. The predicted molar refractivity (Wildman–Crippen MR) is 96.9 cm³/mol. The maximum atomic E-state index is 5.98. The van der Waals surface area contributed by atoms with E-state index in [1.165, 1.54) is 5.56 Å². The van der Waals surface area contributed by atoms with Crippen LogP contribution in [-0.4, -0.2) is 21.9 Å². The second-order valence-electron chi connectivity index (χ2n) is 5.92. The summed E-state index contributed by atoms with van der Waals surface area (Å²) >= 11 is 11.4. The smallest absolute Gasteiger partial charge is 0.199 e. The average molecular weight is 358 g/mol. The van der Waals surface area contributed by atoms with Crippen molar-refractivity contribution < 1.29 is 4.74 Å². The molecule has 122 valence electrons. The normalized spacial score (nSPS) is 19.2. The second-order valence-corrected chi connectivity index (χ2v) is 6.75. The van der Waals surface area contributed by atoms with Gasteiger partial charge in [0, 0.05) is 17.0 Å². The maximum Gasteiger partial charge on any atom is 0.199 e. The van der Waals surface area contributed by atoms with Gasteiger partial charge in [-0.15, -0.1) is 0 Å². The van der Waals surface area contributed by atoms with Crippen LogP contribution in [0, 0.1) is 4.77 Å². The first-order valence-corrected chi connectivity index (χ1v) is 8.53. The highest BCUT2D eigenvalue weighted by Gasteiger charge is 2.43. The third kappa shape index (κ3) is 2.74. The first-order chi connectivity index (χ1) is 11.7. The summed E-state index contributed by atoms with van der Waals surface area (Å²) in [5.41, 5.74) is 2.25. The molecule has 4 rings (SSSR count). The van der Waals surface area contributed by atoms with E-state index < -0.39 is 0 Å². The van der Waals surface area contributed by atoms with Gasteiger partial charge in [-0.1, -0.05) is 29.8 Å². The van der Waals surface area contributed by atoms with Gasteiger partial charge in [-0.2, -0.15) is 5.10 Å². The lowest BCUT2D eigenvalue weighted by Gasteiger charge is -2.08. The van der Waals surface area contributed by atoms with E-state index in [4.69, 9.17) is 28.6 Å². The molecule has 1 aromatic heterocycles. The molecule has 1 aliphatic carbocycles. The van der Waals surface area contributed by atoms with Crippen LogP contribution in [0.5, 0.6) is 5.75 Å². The molecule has 0 amide bonds. The number of aromatic amines is 1. The molecule has 1 fully saturated rings. The number of aromatic nitrogens is 3. The van der Waals surface area contributed by atoms with E-state index in [1.807, 2.05) is 41.0 Å². The van der Waals surface area contributed by atoms with Gasteiger partial charge in [-0.3, -0.25) is 9.67 Å². The summed E-state index contributed by atoms with van der Waals surface area (Å²) < 4.78 is 7.92. The first-order valence-electron chi connectivity index (χ1n) is 7.74. The number of H-pyrrole nitrogens is 1. The van der Waals surface area contributed by atoms with Crippen molar-refractivity contribution in [3.8, 4) is 11.4 Å². The summed E-state index contributed by atoms with van der Waals surface area (Å²) in [4.78, 5) is 0. The molecule has 0 bridgehead atoms. The van der Waals surface area contributed by atoms with Gasteiger partial charge in [0.15, 0.2) is 4.77 Å². The van der Waals surface area contributed by atoms with Crippen LogP contribution in [0.2, 0.25) is 5.02 Å². The molecule has 1 saturated carbocycles. The molecule has 6 heteroatoms. The summed E-state index contributed by atoms with van der Waals surface area (Å²) in [5.74, 6) is 2.57. The Labute approximate surface area is 150 Å². The standard InChI is InChI=1S/C18H16ClN3OS/c1-23-14-4-2-3-13(9-14)22-17(20-21-18(22)24)16-10-15(16)11-5-7-12(19)8-6-11/h2-9,15-16H,10H2,1H3,(H,21,24)/t15-,16+/m1/s1. The van der Waals surface area contributed by atoms with Gasteiger partial charge in [0.1, 0.15) is 11.6 Å². The van der Waals surface area contributed by atoms with Gasteiger partial charge in [-0.05, 0) is 54.4 Å². The number of nitrogens with one attached hydrogen (secondary N) is 1. The van der Waals surface area contributed by atoms with Crippen molar-refractivity contribution in [3.05, 3.63) is 69.7 Å². The Bertz CT molecular complexity index is 932. The summed E-state index contributed by atoms with van der Waals surface area (Å²) in [7, 11) is 1.66. The molecule has 2 aromatic carbocycles. The summed E-state index contributed by atoms with van der Waals surface area (Å²) in [5, 5.41) is 8.17. The molecule has 0 aliphatic heterocycles. The quantitative estimate of drug-likeness (QED) is 0.678. The molecule has 24 heavy (non-hydrogen) atoms. The zero-order valence-electron chi connectivity index (χ0n) is 13.1. The Balaban J connectivity index is 1.68. The molecule has 0 spiro atoms. The van der Waals surface area contributed by atoms with Crippen molar-refractivity contribution in [1.82, 2.24) is 14.8 Å². The van der Waals surface area contributed by atoms with Crippen LogP contribution >= 0.6 is 23.8 Å². The van der Waals surface area contributed by atoms with Gasteiger partial charge >= 0.3 is 0 Å². The van der Waals surface area contributed by atoms with Crippen LogP contribution < -0.4 is 4.74 Å². The number of hydrogen-bond acceptors (Lipinski definition) is 3. The summed E-state index contributed by atoms with van der Waals surface area (Å²) in [6.45, 7) is 0. The van der Waals surface area contributed by atoms with Crippen molar-refractivity contribution in [3.63, 3.8) is 0 Å². The van der Waals surface area contributed by atoms with Gasteiger partial charge in [-0.25, -0.2) is 0 Å². The van der Waals surface area contributed by atoms with Crippen molar-refractivity contribution in [1.29, 1.82) is 0 Å². The fourth-order valence-corrected chi connectivity index (χ4v) is 3.49. The Morgan fingerprint density at radius 1 is 1.21 bits per heavy atom. The average Bonchev–Trinajstić information content (AvgIpc) is 3.30. The minimum Gasteiger partial charge on any atom is -0.497 e. The molecule has 1 heterocycles. The van der Waals surface area contributed by atoms with Crippen molar-refractivity contribution in [2.24, 2.45) is 0 Å².